The fraction of sp³-hybridized carbons (Fsp3) is 0.360. The van der Waals surface area contributed by atoms with Crippen molar-refractivity contribution in [3.05, 3.63) is 63.1 Å². The molecule has 1 unspecified atom stereocenters. The molecule has 0 bridgehead atoms. The number of rotatable bonds is 9. The number of nitrogens with zero attached hydrogens (tertiary/aromatic N) is 2. The average molecular weight is 580 g/mol. The number of carbonyl (C=O) groups excluding carboxylic acids is 3. The van der Waals surface area contributed by atoms with Gasteiger partial charge in [-0.2, -0.15) is 5.10 Å². The standard InChI is InChI=1S/C25H28BrClN4O5/c1-16(2)23(29-24(33)19-5-3-4-6-20(19)27)25(34)30-28-14-17-13-18(26)7-8-21(17)36-15-22(32)31-9-11-35-12-10-31/h3-8,13-14,16,23H,9-12,15H2,1-2H3,(H,29,33)(H,30,34). The highest BCUT2D eigenvalue weighted by molar-refractivity contribution is 9.10. The summed E-state index contributed by atoms with van der Waals surface area (Å²) >= 11 is 9.51. The summed E-state index contributed by atoms with van der Waals surface area (Å²) in [6.45, 7) is 5.59. The number of morpholine rings is 1. The molecule has 1 heterocycles. The molecule has 11 heteroatoms. The van der Waals surface area contributed by atoms with E-state index in [-0.39, 0.29) is 24.0 Å². The van der Waals surface area contributed by atoms with E-state index < -0.39 is 17.9 Å². The topological polar surface area (TPSA) is 109 Å². The highest BCUT2D eigenvalue weighted by atomic mass is 79.9. The lowest BCUT2D eigenvalue weighted by molar-refractivity contribution is -0.137. The number of carbonyl (C=O) groups is 3. The van der Waals surface area contributed by atoms with Crippen LogP contribution in [0, 0.1) is 5.92 Å². The van der Waals surface area contributed by atoms with E-state index in [9.17, 15) is 14.4 Å². The van der Waals surface area contributed by atoms with Gasteiger partial charge in [0.25, 0.3) is 17.7 Å². The molecular weight excluding hydrogens is 552 g/mol. The molecule has 2 aromatic rings. The Balaban J connectivity index is 1.63. The third-order valence-electron chi connectivity index (χ3n) is 5.42. The Morgan fingerprint density at radius 2 is 1.92 bits per heavy atom. The van der Waals surface area contributed by atoms with Crippen LogP contribution < -0.4 is 15.5 Å². The van der Waals surface area contributed by atoms with Crippen LogP contribution >= 0.6 is 27.5 Å². The van der Waals surface area contributed by atoms with E-state index in [1.54, 1.807) is 47.4 Å². The van der Waals surface area contributed by atoms with Gasteiger partial charge in [-0.1, -0.05) is 53.5 Å². The quantitative estimate of drug-likeness (QED) is 0.350. The van der Waals surface area contributed by atoms with Crippen molar-refractivity contribution in [2.45, 2.75) is 19.9 Å². The third kappa shape index (κ3) is 7.78. The molecule has 1 saturated heterocycles. The Kier molecular flexibility index (Phi) is 10.3. The van der Waals surface area contributed by atoms with E-state index >= 15 is 0 Å². The number of amides is 3. The molecule has 0 aromatic heterocycles. The zero-order valence-electron chi connectivity index (χ0n) is 20.0. The van der Waals surface area contributed by atoms with Gasteiger partial charge in [-0.25, -0.2) is 5.43 Å². The Morgan fingerprint density at radius 3 is 2.61 bits per heavy atom. The van der Waals surface area contributed by atoms with Crippen LogP contribution in [0.5, 0.6) is 5.75 Å². The normalized spacial score (nSPS) is 14.5. The Labute approximate surface area is 223 Å². The minimum atomic E-state index is -0.838. The minimum Gasteiger partial charge on any atom is -0.483 e. The molecule has 1 aliphatic rings. The molecule has 2 aromatic carbocycles. The smallest absolute Gasteiger partial charge is 0.262 e. The van der Waals surface area contributed by atoms with Crippen LogP contribution in [-0.2, 0) is 14.3 Å². The number of hydrogen-bond acceptors (Lipinski definition) is 6. The molecule has 0 spiro atoms. The first-order valence-electron chi connectivity index (χ1n) is 11.4. The van der Waals surface area contributed by atoms with Gasteiger partial charge in [0, 0.05) is 23.1 Å². The SMILES string of the molecule is CC(C)C(NC(=O)c1ccccc1Cl)C(=O)NN=Cc1cc(Br)ccc1OCC(=O)N1CCOCC1. The Hall–Kier alpha value is -2.95. The lowest BCUT2D eigenvalue weighted by Gasteiger charge is -2.26. The fourth-order valence-corrected chi connectivity index (χ4v) is 4.03. The molecule has 0 radical (unpaired) electrons. The van der Waals surface area contributed by atoms with E-state index in [2.05, 4.69) is 31.8 Å². The predicted molar refractivity (Wildman–Crippen MR) is 140 cm³/mol. The van der Waals surface area contributed by atoms with Gasteiger partial charge in [0.15, 0.2) is 6.61 Å². The van der Waals surface area contributed by atoms with Crippen LogP contribution in [0.1, 0.15) is 29.8 Å². The summed E-state index contributed by atoms with van der Waals surface area (Å²) in [6.07, 6.45) is 1.42. The third-order valence-corrected chi connectivity index (χ3v) is 6.24. The van der Waals surface area contributed by atoms with Crippen molar-refractivity contribution in [1.29, 1.82) is 0 Å². The molecule has 1 atom stereocenters. The molecule has 3 rings (SSSR count). The fourth-order valence-electron chi connectivity index (χ4n) is 3.43. The maximum absolute atomic E-state index is 12.8. The van der Waals surface area contributed by atoms with Crippen molar-refractivity contribution in [3.63, 3.8) is 0 Å². The van der Waals surface area contributed by atoms with Gasteiger partial charge in [-0.05, 0) is 36.2 Å². The number of ether oxygens (including phenoxy) is 2. The monoisotopic (exact) mass is 578 g/mol. The zero-order valence-corrected chi connectivity index (χ0v) is 22.3. The minimum absolute atomic E-state index is 0.127. The molecule has 0 aliphatic carbocycles. The van der Waals surface area contributed by atoms with Crippen molar-refractivity contribution in [2.24, 2.45) is 11.0 Å². The predicted octanol–water partition coefficient (Wildman–Crippen LogP) is 3.24. The molecule has 1 fully saturated rings. The maximum Gasteiger partial charge on any atom is 0.262 e. The summed E-state index contributed by atoms with van der Waals surface area (Å²) in [5.41, 5.74) is 3.31. The maximum atomic E-state index is 12.8. The van der Waals surface area contributed by atoms with Crippen LogP contribution in [0.25, 0.3) is 0 Å². The van der Waals surface area contributed by atoms with Crippen molar-refractivity contribution < 1.29 is 23.9 Å². The number of benzene rings is 2. The second-order valence-electron chi connectivity index (χ2n) is 8.37. The molecule has 0 saturated carbocycles. The van der Waals surface area contributed by atoms with Gasteiger partial charge in [-0.15, -0.1) is 0 Å². The Bertz CT molecular complexity index is 1120. The average Bonchev–Trinajstić information content (AvgIpc) is 2.87. The first-order chi connectivity index (χ1) is 17.3. The van der Waals surface area contributed by atoms with Crippen LogP contribution in [0.3, 0.4) is 0 Å². The summed E-state index contributed by atoms with van der Waals surface area (Å²) in [6, 6.07) is 11.0. The van der Waals surface area contributed by atoms with Gasteiger partial charge in [-0.3, -0.25) is 14.4 Å². The lowest BCUT2D eigenvalue weighted by atomic mass is 10.0. The number of hydrogen-bond donors (Lipinski definition) is 2. The number of nitrogens with one attached hydrogen (secondary N) is 2. The van der Waals surface area contributed by atoms with Gasteiger partial charge in [0.1, 0.15) is 11.8 Å². The zero-order chi connectivity index (χ0) is 26.1. The van der Waals surface area contributed by atoms with E-state index in [1.807, 2.05) is 13.8 Å². The second-order valence-corrected chi connectivity index (χ2v) is 9.70. The molecule has 9 nitrogen and oxygen atoms in total. The van der Waals surface area contributed by atoms with Gasteiger partial charge in [0.05, 0.1) is 30.0 Å². The van der Waals surface area contributed by atoms with E-state index in [0.29, 0.717) is 42.6 Å². The molecule has 2 N–H and O–H groups in total. The first kappa shape index (κ1) is 27.6. The molecule has 1 aliphatic heterocycles. The summed E-state index contributed by atoms with van der Waals surface area (Å²) in [7, 11) is 0. The van der Waals surface area contributed by atoms with Crippen LogP contribution in [0.4, 0.5) is 0 Å². The number of halogens is 2. The van der Waals surface area contributed by atoms with Gasteiger partial charge >= 0.3 is 0 Å². The van der Waals surface area contributed by atoms with E-state index in [0.717, 1.165) is 4.47 Å². The highest BCUT2D eigenvalue weighted by Gasteiger charge is 2.25. The van der Waals surface area contributed by atoms with Crippen LogP contribution in [0.15, 0.2) is 52.0 Å². The van der Waals surface area contributed by atoms with Gasteiger partial charge in [0.2, 0.25) is 0 Å². The first-order valence-corrected chi connectivity index (χ1v) is 12.6. The summed E-state index contributed by atoms with van der Waals surface area (Å²) in [5.74, 6) is -0.841. The van der Waals surface area contributed by atoms with E-state index in [1.165, 1.54) is 6.21 Å². The largest absolute Gasteiger partial charge is 0.483 e. The molecule has 192 valence electrons. The summed E-state index contributed by atoms with van der Waals surface area (Å²) < 4.78 is 11.8. The molecule has 36 heavy (non-hydrogen) atoms. The lowest BCUT2D eigenvalue weighted by Crippen LogP contribution is -2.48. The van der Waals surface area contributed by atoms with Crippen molar-refractivity contribution in [2.75, 3.05) is 32.9 Å². The second kappa shape index (κ2) is 13.4. The van der Waals surface area contributed by atoms with Gasteiger partial charge < -0.3 is 19.7 Å². The Morgan fingerprint density at radius 1 is 1.19 bits per heavy atom. The van der Waals surface area contributed by atoms with Crippen molar-refractivity contribution in [3.8, 4) is 5.75 Å². The van der Waals surface area contributed by atoms with Crippen molar-refractivity contribution >= 4 is 51.5 Å². The van der Waals surface area contributed by atoms with E-state index in [4.69, 9.17) is 21.1 Å². The number of hydrazone groups is 1. The van der Waals surface area contributed by atoms with Crippen LogP contribution in [-0.4, -0.2) is 67.8 Å². The van der Waals surface area contributed by atoms with Crippen LogP contribution in [0.2, 0.25) is 5.02 Å². The summed E-state index contributed by atoms with van der Waals surface area (Å²) in [5, 5.41) is 7.06. The molecule has 3 amide bonds. The summed E-state index contributed by atoms with van der Waals surface area (Å²) in [4.78, 5) is 39.5. The van der Waals surface area contributed by atoms with Crippen molar-refractivity contribution in [1.82, 2.24) is 15.6 Å². The molecular formula is C25H28BrClN4O5. The highest BCUT2D eigenvalue weighted by Crippen LogP contribution is 2.22.